The van der Waals surface area contributed by atoms with E-state index in [4.69, 9.17) is 9.47 Å². The molecule has 0 saturated carbocycles. The molecule has 1 atom stereocenters. The molecule has 2 aliphatic heterocycles. The monoisotopic (exact) mass is 405 g/mol. The summed E-state index contributed by atoms with van der Waals surface area (Å²) in [5.41, 5.74) is 1.54. The number of nitrogens with one attached hydrogen (secondary N) is 1. The normalized spacial score (nSPS) is 17.4. The maximum Gasteiger partial charge on any atom is 0.231 e. The molecule has 0 spiro atoms. The minimum absolute atomic E-state index is 0.0902. The number of fused-ring (bicyclic) bond motifs is 1. The van der Waals surface area contributed by atoms with Gasteiger partial charge in [0, 0.05) is 55.4 Å². The second-order valence-electron chi connectivity index (χ2n) is 7.10. The van der Waals surface area contributed by atoms with Crippen LogP contribution in [-0.2, 0) is 16.1 Å². The third-order valence-electron chi connectivity index (χ3n) is 5.21. The number of ether oxygens (including phenoxy) is 2. The summed E-state index contributed by atoms with van der Waals surface area (Å²) >= 11 is 0. The lowest BCUT2D eigenvalue weighted by molar-refractivity contribution is -0.126. The van der Waals surface area contributed by atoms with Gasteiger partial charge in [-0.15, -0.1) is 0 Å². The molecule has 0 bridgehead atoms. The van der Waals surface area contributed by atoms with Gasteiger partial charge in [-0.25, -0.2) is 9.67 Å². The van der Waals surface area contributed by atoms with E-state index in [-0.39, 0.29) is 25.0 Å². The molecule has 2 aromatic heterocycles. The number of hydrogen-bond acceptors (Lipinski definition) is 6. The minimum atomic E-state index is -0.423. The van der Waals surface area contributed by atoms with Crippen molar-refractivity contribution in [2.45, 2.75) is 13.0 Å². The first-order valence-electron chi connectivity index (χ1n) is 9.60. The Hall–Kier alpha value is -3.88. The van der Waals surface area contributed by atoms with Crippen molar-refractivity contribution in [1.82, 2.24) is 20.1 Å². The lowest BCUT2D eigenvalue weighted by atomic mass is 10.1. The highest BCUT2D eigenvalue weighted by molar-refractivity contribution is 6.00. The van der Waals surface area contributed by atoms with Gasteiger partial charge < -0.3 is 19.7 Å². The first kappa shape index (κ1) is 18.2. The molecule has 1 aromatic carbocycles. The fourth-order valence-corrected chi connectivity index (χ4v) is 3.68. The van der Waals surface area contributed by atoms with E-state index in [1.807, 2.05) is 18.2 Å². The van der Waals surface area contributed by atoms with Crippen LogP contribution in [0.3, 0.4) is 0 Å². The quantitative estimate of drug-likeness (QED) is 0.693. The molecule has 2 amide bonds. The van der Waals surface area contributed by atoms with Gasteiger partial charge >= 0.3 is 0 Å². The van der Waals surface area contributed by atoms with Crippen molar-refractivity contribution in [1.29, 1.82) is 0 Å². The standard InChI is InChI=1S/C21H19N5O4/c27-19-9-15(12-25(19)16-4-5-17-18(10-16)30-13-29-17)21(28)23-11-14-3-1-6-22-20(14)26-8-2-7-24-26/h1-8,10,15H,9,11-13H2,(H,23,28). The number of nitrogens with zero attached hydrogens (tertiary/aromatic N) is 4. The number of carbonyl (C=O) groups is 2. The average molecular weight is 405 g/mol. The van der Waals surface area contributed by atoms with Gasteiger partial charge in [-0.05, 0) is 24.3 Å². The van der Waals surface area contributed by atoms with Gasteiger partial charge in [0.05, 0.1) is 5.92 Å². The van der Waals surface area contributed by atoms with Crippen LogP contribution >= 0.6 is 0 Å². The predicted octanol–water partition coefficient (Wildman–Crippen LogP) is 1.67. The number of hydrogen-bond donors (Lipinski definition) is 1. The van der Waals surface area contributed by atoms with Gasteiger partial charge in [0.1, 0.15) is 0 Å². The molecular weight excluding hydrogens is 386 g/mol. The molecule has 2 aliphatic rings. The van der Waals surface area contributed by atoms with Crippen molar-refractivity contribution in [3.8, 4) is 17.3 Å². The van der Waals surface area contributed by atoms with Crippen LogP contribution in [-0.4, -0.2) is 39.9 Å². The summed E-state index contributed by atoms with van der Waals surface area (Å²) in [5, 5.41) is 7.13. The van der Waals surface area contributed by atoms with E-state index in [1.54, 1.807) is 46.4 Å². The van der Waals surface area contributed by atoms with Gasteiger partial charge in [-0.1, -0.05) is 6.07 Å². The minimum Gasteiger partial charge on any atom is -0.454 e. The molecule has 30 heavy (non-hydrogen) atoms. The zero-order chi connectivity index (χ0) is 20.5. The van der Waals surface area contributed by atoms with Crippen molar-refractivity contribution >= 4 is 17.5 Å². The van der Waals surface area contributed by atoms with Gasteiger partial charge in [0.25, 0.3) is 0 Å². The molecule has 0 radical (unpaired) electrons. The highest BCUT2D eigenvalue weighted by Crippen LogP contribution is 2.37. The number of rotatable bonds is 5. The van der Waals surface area contributed by atoms with E-state index in [9.17, 15) is 9.59 Å². The Kier molecular flexibility index (Phi) is 4.55. The third kappa shape index (κ3) is 3.34. The summed E-state index contributed by atoms with van der Waals surface area (Å²) in [6.07, 6.45) is 5.32. The Bertz CT molecular complexity index is 1100. The van der Waals surface area contributed by atoms with Crippen molar-refractivity contribution in [3.63, 3.8) is 0 Å². The van der Waals surface area contributed by atoms with Crippen LogP contribution in [0.1, 0.15) is 12.0 Å². The molecule has 152 valence electrons. The summed E-state index contributed by atoms with van der Waals surface area (Å²) in [5.74, 6) is 1.24. The Morgan fingerprint density at radius 1 is 1.17 bits per heavy atom. The maximum absolute atomic E-state index is 12.7. The molecule has 1 fully saturated rings. The molecule has 3 aromatic rings. The lowest BCUT2D eigenvalue weighted by Crippen LogP contribution is -2.33. The zero-order valence-electron chi connectivity index (χ0n) is 16.0. The molecule has 5 rings (SSSR count). The molecule has 4 heterocycles. The van der Waals surface area contributed by atoms with Crippen LogP contribution in [0, 0.1) is 5.92 Å². The SMILES string of the molecule is O=C(NCc1cccnc1-n1cccn1)C1CC(=O)N(c2ccc3c(c2)OCO3)C1. The number of carbonyl (C=O) groups excluding carboxylic acids is 2. The van der Waals surface area contributed by atoms with Crippen LogP contribution in [0.2, 0.25) is 0 Å². The van der Waals surface area contributed by atoms with Crippen LogP contribution < -0.4 is 19.7 Å². The van der Waals surface area contributed by atoms with E-state index in [0.717, 1.165) is 5.56 Å². The van der Waals surface area contributed by atoms with Crippen molar-refractivity contribution in [3.05, 3.63) is 60.6 Å². The van der Waals surface area contributed by atoms with Crippen LogP contribution in [0.4, 0.5) is 5.69 Å². The first-order chi connectivity index (χ1) is 14.7. The van der Waals surface area contributed by atoms with Crippen LogP contribution in [0.25, 0.3) is 5.82 Å². The first-order valence-corrected chi connectivity index (χ1v) is 9.60. The molecule has 9 nitrogen and oxygen atoms in total. The summed E-state index contributed by atoms with van der Waals surface area (Å²) in [6, 6.07) is 10.9. The summed E-state index contributed by atoms with van der Waals surface area (Å²) in [4.78, 5) is 31.2. The van der Waals surface area contributed by atoms with Crippen LogP contribution in [0.15, 0.2) is 55.0 Å². The predicted molar refractivity (Wildman–Crippen MR) is 106 cm³/mol. The van der Waals surface area contributed by atoms with Gasteiger partial charge in [0.15, 0.2) is 17.3 Å². The highest BCUT2D eigenvalue weighted by atomic mass is 16.7. The average Bonchev–Trinajstić information content (AvgIpc) is 3.52. The largest absolute Gasteiger partial charge is 0.454 e. The number of aromatic nitrogens is 3. The summed E-state index contributed by atoms with van der Waals surface area (Å²) in [7, 11) is 0. The van der Waals surface area contributed by atoms with E-state index < -0.39 is 5.92 Å². The Morgan fingerprint density at radius 2 is 2.07 bits per heavy atom. The molecule has 1 saturated heterocycles. The van der Waals surface area contributed by atoms with E-state index >= 15 is 0 Å². The highest BCUT2D eigenvalue weighted by Gasteiger charge is 2.35. The molecular formula is C21H19N5O4. The van der Waals surface area contributed by atoms with E-state index in [1.165, 1.54) is 0 Å². The van der Waals surface area contributed by atoms with Gasteiger partial charge in [0.2, 0.25) is 18.6 Å². The molecule has 0 aliphatic carbocycles. The van der Waals surface area contributed by atoms with Gasteiger partial charge in [-0.3, -0.25) is 9.59 Å². The van der Waals surface area contributed by atoms with Crippen molar-refractivity contribution in [2.24, 2.45) is 5.92 Å². The lowest BCUT2D eigenvalue weighted by Gasteiger charge is -2.17. The number of amides is 2. The van der Waals surface area contributed by atoms with Crippen LogP contribution in [0.5, 0.6) is 11.5 Å². The second-order valence-corrected chi connectivity index (χ2v) is 7.10. The fourth-order valence-electron chi connectivity index (χ4n) is 3.68. The zero-order valence-corrected chi connectivity index (χ0v) is 16.0. The van der Waals surface area contributed by atoms with E-state index in [2.05, 4.69) is 15.4 Å². The van der Waals surface area contributed by atoms with Crippen molar-refractivity contribution < 1.29 is 19.1 Å². The van der Waals surface area contributed by atoms with E-state index in [0.29, 0.717) is 36.1 Å². The summed E-state index contributed by atoms with van der Waals surface area (Å²) in [6.45, 7) is 0.798. The number of pyridine rings is 1. The topological polar surface area (TPSA) is 98.6 Å². The third-order valence-corrected chi connectivity index (χ3v) is 5.21. The Morgan fingerprint density at radius 3 is 2.93 bits per heavy atom. The second kappa shape index (κ2) is 7.51. The molecule has 9 heteroatoms. The number of benzene rings is 1. The molecule has 1 N–H and O–H groups in total. The Labute approximate surface area is 172 Å². The number of anilines is 1. The summed E-state index contributed by atoms with van der Waals surface area (Å²) < 4.78 is 12.4. The maximum atomic E-state index is 12.7. The molecule has 1 unspecified atom stereocenters. The fraction of sp³-hybridized carbons (Fsp3) is 0.238. The van der Waals surface area contributed by atoms with Gasteiger partial charge in [-0.2, -0.15) is 5.10 Å². The van der Waals surface area contributed by atoms with Crippen molar-refractivity contribution in [2.75, 3.05) is 18.2 Å². The Balaban J connectivity index is 1.25. The smallest absolute Gasteiger partial charge is 0.231 e.